The van der Waals surface area contributed by atoms with Gasteiger partial charge in [-0.3, -0.25) is 4.79 Å². The highest BCUT2D eigenvalue weighted by molar-refractivity contribution is 5.90. The van der Waals surface area contributed by atoms with E-state index in [-0.39, 0.29) is 12.0 Å². The number of rotatable bonds is 4. The SMILES string of the molecule is O=C(Cc1cccc2ccccc12)NN=Cc1ccccc1C(F)(F)F. The Kier molecular flexibility index (Phi) is 5.02. The monoisotopic (exact) mass is 356 g/mol. The second-order valence-electron chi connectivity index (χ2n) is 5.69. The lowest BCUT2D eigenvalue weighted by Gasteiger charge is -2.09. The van der Waals surface area contributed by atoms with E-state index >= 15 is 0 Å². The van der Waals surface area contributed by atoms with Crippen molar-refractivity contribution in [3.05, 3.63) is 83.4 Å². The first-order chi connectivity index (χ1) is 12.4. The van der Waals surface area contributed by atoms with Crippen molar-refractivity contribution in [2.24, 2.45) is 5.10 Å². The van der Waals surface area contributed by atoms with E-state index in [1.165, 1.54) is 18.2 Å². The Bertz CT molecular complexity index is 959. The molecule has 0 fully saturated rings. The summed E-state index contributed by atoms with van der Waals surface area (Å²) in [7, 11) is 0. The number of benzene rings is 3. The molecule has 0 heterocycles. The van der Waals surface area contributed by atoms with Crippen molar-refractivity contribution in [1.82, 2.24) is 5.43 Å². The summed E-state index contributed by atoms with van der Waals surface area (Å²) in [5, 5.41) is 5.64. The highest BCUT2D eigenvalue weighted by Gasteiger charge is 2.32. The fraction of sp³-hybridized carbons (Fsp3) is 0.100. The fourth-order valence-corrected chi connectivity index (χ4v) is 2.70. The van der Waals surface area contributed by atoms with E-state index in [4.69, 9.17) is 0 Å². The summed E-state index contributed by atoms with van der Waals surface area (Å²) in [4.78, 5) is 12.1. The minimum Gasteiger partial charge on any atom is -0.273 e. The number of hydrogen-bond donors (Lipinski definition) is 1. The maximum Gasteiger partial charge on any atom is 0.417 e. The molecule has 3 aromatic carbocycles. The molecule has 132 valence electrons. The van der Waals surface area contributed by atoms with Crippen molar-refractivity contribution in [3.8, 4) is 0 Å². The molecule has 3 nitrogen and oxygen atoms in total. The highest BCUT2D eigenvalue weighted by atomic mass is 19.4. The summed E-state index contributed by atoms with van der Waals surface area (Å²) in [6, 6.07) is 18.4. The third-order valence-electron chi connectivity index (χ3n) is 3.89. The van der Waals surface area contributed by atoms with Crippen LogP contribution in [-0.2, 0) is 17.4 Å². The van der Waals surface area contributed by atoms with Gasteiger partial charge in [0, 0.05) is 5.56 Å². The maximum absolute atomic E-state index is 12.9. The number of carbonyl (C=O) groups is 1. The zero-order valence-corrected chi connectivity index (χ0v) is 13.6. The van der Waals surface area contributed by atoms with E-state index in [1.807, 2.05) is 42.5 Å². The van der Waals surface area contributed by atoms with Crippen LogP contribution in [0.15, 0.2) is 71.8 Å². The number of hydrazone groups is 1. The molecule has 0 saturated carbocycles. The first kappa shape index (κ1) is 17.7. The zero-order chi connectivity index (χ0) is 18.6. The van der Waals surface area contributed by atoms with Gasteiger partial charge in [0.2, 0.25) is 5.91 Å². The average Bonchev–Trinajstić information content (AvgIpc) is 2.62. The molecule has 0 aliphatic heterocycles. The predicted octanol–water partition coefficient (Wildman–Crippen LogP) is 4.55. The Labute approximate surface area is 148 Å². The number of halogens is 3. The van der Waals surface area contributed by atoms with Gasteiger partial charge in [-0.2, -0.15) is 18.3 Å². The van der Waals surface area contributed by atoms with Gasteiger partial charge in [0.1, 0.15) is 0 Å². The minimum atomic E-state index is -4.48. The smallest absolute Gasteiger partial charge is 0.273 e. The van der Waals surface area contributed by atoms with Crippen LogP contribution in [0.25, 0.3) is 10.8 Å². The van der Waals surface area contributed by atoms with Gasteiger partial charge in [-0.1, -0.05) is 60.7 Å². The second kappa shape index (κ2) is 7.39. The summed E-state index contributed by atoms with van der Waals surface area (Å²) >= 11 is 0. The molecule has 3 aromatic rings. The normalized spacial score (nSPS) is 11.8. The van der Waals surface area contributed by atoms with Crippen molar-refractivity contribution in [1.29, 1.82) is 0 Å². The van der Waals surface area contributed by atoms with E-state index < -0.39 is 17.6 Å². The fourth-order valence-electron chi connectivity index (χ4n) is 2.70. The molecule has 0 spiro atoms. The lowest BCUT2D eigenvalue weighted by Crippen LogP contribution is -2.20. The molecular weight excluding hydrogens is 341 g/mol. The molecule has 0 aliphatic carbocycles. The van der Waals surface area contributed by atoms with E-state index in [1.54, 1.807) is 0 Å². The Hall–Kier alpha value is -3.15. The molecule has 0 unspecified atom stereocenters. The summed E-state index contributed by atoms with van der Waals surface area (Å²) < 4.78 is 38.8. The third-order valence-corrected chi connectivity index (χ3v) is 3.89. The number of alkyl halides is 3. The van der Waals surface area contributed by atoms with E-state index in [9.17, 15) is 18.0 Å². The summed E-state index contributed by atoms with van der Waals surface area (Å²) in [5.41, 5.74) is 2.21. The lowest BCUT2D eigenvalue weighted by atomic mass is 10.0. The van der Waals surface area contributed by atoms with Crippen molar-refractivity contribution in [2.45, 2.75) is 12.6 Å². The highest BCUT2D eigenvalue weighted by Crippen LogP contribution is 2.31. The van der Waals surface area contributed by atoms with Gasteiger partial charge in [-0.05, 0) is 22.4 Å². The molecule has 6 heteroatoms. The molecule has 26 heavy (non-hydrogen) atoms. The van der Waals surface area contributed by atoms with Crippen molar-refractivity contribution in [3.63, 3.8) is 0 Å². The Morgan fingerprint density at radius 3 is 2.46 bits per heavy atom. The zero-order valence-electron chi connectivity index (χ0n) is 13.6. The third kappa shape index (κ3) is 4.08. The van der Waals surface area contributed by atoms with E-state index in [2.05, 4.69) is 10.5 Å². The summed E-state index contributed by atoms with van der Waals surface area (Å²) in [6.45, 7) is 0. The van der Waals surface area contributed by atoms with E-state index in [0.29, 0.717) is 0 Å². The number of nitrogens with one attached hydrogen (secondary N) is 1. The van der Waals surface area contributed by atoms with Gasteiger partial charge in [0.15, 0.2) is 0 Å². The molecule has 0 atom stereocenters. The standard InChI is InChI=1S/C20H15F3N2O/c21-20(22,23)18-11-4-2-7-16(18)13-24-25-19(26)12-15-9-5-8-14-6-1-3-10-17(14)15/h1-11,13H,12H2,(H,25,26). The van der Waals surface area contributed by atoms with Gasteiger partial charge in [-0.25, -0.2) is 5.43 Å². The van der Waals surface area contributed by atoms with Crippen LogP contribution < -0.4 is 5.43 Å². The Morgan fingerprint density at radius 2 is 1.65 bits per heavy atom. The van der Waals surface area contributed by atoms with Crippen molar-refractivity contribution in [2.75, 3.05) is 0 Å². The molecule has 1 amide bonds. The number of carbonyl (C=O) groups excluding carboxylic acids is 1. The van der Waals surface area contributed by atoms with Gasteiger partial charge >= 0.3 is 6.18 Å². The summed E-state index contributed by atoms with van der Waals surface area (Å²) in [6.07, 6.45) is -3.39. The van der Waals surface area contributed by atoms with Gasteiger partial charge in [0.25, 0.3) is 0 Å². The Balaban J connectivity index is 1.71. The van der Waals surface area contributed by atoms with Gasteiger partial charge in [-0.15, -0.1) is 0 Å². The average molecular weight is 356 g/mol. The van der Waals surface area contributed by atoms with Crippen LogP contribution in [0, 0.1) is 0 Å². The Morgan fingerprint density at radius 1 is 0.962 bits per heavy atom. The van der Waals surface area contributed by atoms with Crippen LogP contribution in [0.4, 0.5) is 13.2 Å². The van der Waals surface area contributed by atoms with Crippen molar-refractivity contribution < 1.29 is 18.0 Å². The molecule has 0 aromatic heterocycles. The molecule has 0 radical (unpaired) electrons. The lowest BCUT2D eigenvalue weighted by molar-refractivity contribution is -0.137. The van der Waals surface area contributed by atoms with Gasteiger partial charge < -0.3 is 0 Å². The number of fused-ring (bicyclic) bond motifs is 1. The molecule has 0 aliphatic rings. The van der Waals surface area contributed by atoms with Crippen LogP contribution in [0.2, 0.25) is 0 Å². The van der Waals surface area contributed by atoms with Gasteiger partial charge in [0.05, 0.1) is 18.2 Å². The van der Waals surface area contributed by atoms with Crippen LogP contribution in [0.5, 0.6) is 0 Å². The molecule has 1 N–H and O–H groups in total. The first-order valence-corrected chi connectivity index (χ1v) is 7.90. The van der Waals surface area contributed by atoms with Crippen LogP contribution in [-0.4, -0.2) is 12.1 Å². The van der Waals surface area contributed by atoms with Crippen LogP contribution in [0.3, 0.4) is 0 Å². The molecule has 0 bridgehead atoms. The first-order valence-electron chi connectivity index (χ1n) is 7.90. The minimum absolute atomic E-state index is 0.0829. The quantitative estimate of drug-likeness (QED) is 0.541. The summed E-state index contributed by atoms with van der Waals surface area (Å²) in [5.74, 6) is -0.401. The number of amides is 1. The second-order valence-corrected chi connectivity index (χ2v) is 5.69. The largest absolute Gasteiger partial charge is 0.417 e. The molecule has 0 saturated heterocycles. The molecule has 3 rings (SSSR count). The van der Waals surface area contributed by atoms with Crippen LogP contribution in [0.1, 0.15) is 16.7 Å². The van der Waals surface area contributed by atoms with Crippen LogP contribution >= 0.6 is 0 Å². The van der Waals surface area contributed by atoms with E-state index in [0.717, 1.165) is 28.6 Å². The number of nitrogens with zero attached hydrogens (tertiary/aromatic N) is 1. The maximum atomic E-state index is 12.9. The molecular formula is C20H15F3N2O. The number of hydrogen-bond acceptors (Lipinski definition) is 2. The predicted molar refractivity (Wildman–Crippen MR) is 94.8 cm³/mol. The topological polar surface area (TPSA) is 41.5 Å². The van der Waals surface area contributed by atoms with Crippen molar-refractivity contribution >= 4 is 22.9 Å².